The molecule has 6 rings (SSSR count). The lowest BCUT2D eigenvalue weighted by atomic mass is 9.86. The average Bonchev–Trinajstić information content (AvgIpc) is 3.25. The van der Waals surface area contributed by atoms with Crippen molar-refractivity contribution in [1.29, 1.82) is 0 Å². The SMILES string of the molecule is O=C(C1c2ccccc2Oc2ccccc21)N1CCN(c2nc3ccc(Cl)cc3s2)CC1. The topological polar surface area (TPSA) is 45.7 Å². The minimum absolute atomic E-state index is 0.129. The van der Waals surface area contributed by atoms with Crippen molar-refractivity contribution in [1.82, 2.24) is 9.88 Å². The number of halogens is 1. The monoisotopic (exact) mass is 461 g/mol. The number of ether oxygens (including phenoxy) is 1. The number of benzene rings is 3. The number of carbonyl (C=O) groups excluding carboxylic acids is 1. The highest BCUT2D eigenvalue weighted by Gasteiger charge is 2.36. The maximum Gasteiger partial charge on any atom is 0.234 e. The third kappa shape index (κ3) is 3.31. The molecule has 2 aliphatic heterocycles. The molecule has 1 aromatic heterocycles. The summed E-state index contributed by atoms with van der Waals surface area (Å²) in [5.41, 5.74) is 2.83. The predicted octanol–water partition coefficient (Wildman–Crippen LogP) is 5.54. The summed E-state index contributed by atoms with van der Waals surface area (Å²) in [7, 11) is 0. The molecule has 1 amide bonds. The fourth-order valence-corrected chi connectivity index (χ4v) is 5.79. The van der Waals surface area contributed by atoms with E-state index in [9.17, 15) is 4.79 Å². The molecule has 3 heterocycles. The van der Waals surface area contributed by atoms with Crippen LogP contribution < -0.4 is 9.64 Å². The molecule has 3 aromatic carbocycles. The fraction of sp³-hybridized carbons (Fsp3) is 0.200. The van der Waals surface area contributed by atoms with Crippen LogP contribution in [0.2, 0.25) is 5.02 Å². The van der Waals surface area contributed by atoms with E-state index < -0.39 is 0 Å². The number of para-hydroxylation sites is 2. The van der Waals surface area contributed by atoms with Crippen LogP contribution in [0.15, 0.2) is 66.7 Å². The van der Waals surface area contributed by atoms with Gasteiger partial charge in [0.1, 0.15) is 11.5 Å². The molecule has 0 saturated carbocycles. The van der Waals surface area contributed by atoms with Gasteiger partial charge in [0.2, 0.25) is 5.91 Å². The maximum atomic E-state index is 13.7. The van der Waals surface area contributed by atoms with Gasteiger partial charge in [-0.15, -0.1) is 0 Å². The van der Waals surface area contributed by atoms with Gasteiger partial charge in [0, 0.05) is 42.3 Å². The summed E-state index contributed by atoms with van der Waals surface area (Å²) >= 11 is 7.77. The second-order valence-corrected chi connectivity index (χ2v) is 9.48. The van der Waals surface area contributed by atoms with Crippen LogP contribution in [0.25, 0.3) is 10.2 Å². The number of aromatic nitrogens is 1. The summed E-state index contributed by atoms with van der Waals surface area (Å²) in [5, 5.41) is 1.70. The molecule has 1 fully saturated rings. The van der Waals surface area contributed by atoms with E-state index in [1.54, 1.807) is 11.3 Å². The molecule has 2 aliphatic rings. The molecule has 7 heteroatoms. The molecule has 0 radical (unpaired) electrons. The second kappa shape index (κ2) is 7.80. The van der Waals surface area contributed by atoms with E-state index >= 15 is 0 Å². The molecule has 5 nitrogen and oxygen atoms in total. The van der Waals surface area contributed by atoms with Crippen LogP contribution in [-0.2, 0) is 4.79 Å². The number of fused-ring (bicyclic) bond motifs is 3. The van der Waals surface area contributed by atoms with Gasteiger partial charge < -0.3 is 14.5 Å². The second-order valence-electron chi connectivity index (χ2n) is 8.03. The molecule has 160 valence electrons. The van der Waals surface area contributed by atoms with Crippen molar-refractivity contribution < 1.29 is 9.53 Å². The highest BCUT2D eigenvalue weighted by atomic mass is 35.5. The average molecular weight is 462 g/mol. The van der Waals surface area contributed by atoms with Crippen LogP contribution in [-0.4, -0.2) is 42.0 Å². The van der Waals surface area contributed by atoms with Crippen LogP contribution in [0, 0.1) is 0 Å². The van der Waals surface area contributed by atoms with Crippen molar-refractivity contribution in [2.75, 3.05) is 31.1 Å². The first-order chi connectivity index (χ1) is 15.7. The van der Waals surface area contributed by atoms with E-state index in [-0.39, 0.29) is 11.8 Å². The predicted molar refractivity (Wildman–Crippen MR) is 128 cm³/mol. The highest BCUT2D eigenvalue weighted by molar-refractivity contribution is 7.22. The number of nitrogens with zero attached hydrogens (tertiary/aromatic N) is 3. The first-order valence-electron chi connectivity index (χ1n) is 10.6. The molecule has 0 spiro atoms. The Hall–Kier alpha value is -3.09. The van der Waals surface area contributed by atoms with Gasteiger partial charge in [-0.25, -0.2) is 4.98 Å². The Labute approximate surface area is 194 Å². The van der Waals surface area contributed by atoms with Crippen LogP contribution in [0.5, 0.6) is 11.5 Å². The van der Waals surface area contributed by atoms with Crippen LogP contribution >= 0.6 is 22.9 Å². The molecular weight excluding hydrogens is 442 g/mol. The van der Waals surface area contributed by atoms with E-state index in [1.807, 2.05) is 71.6 Å². The zero-order valence-corrected chi connectivity index (χ0v) is 18.8. The number of rotatable bonds is 2. The number of anilines is 1. The quantitative estimate of drug-likeness (QED) is 0.393. The third-order valence-electron chi connectivity index (χ3n) is 6.13. The first kappa shape index (κ1) is 19.6. The number of piperazine rings is 1. The first-order valence-corrected chi connectivity index (χ1v) is 11.8. The molecule has 0 unspecified atom stereocenters. The lowest BCUT2D eigenvalue weighted by Crippen LogP contribution is -2.50. The van der Waals surface area contributed by atoms with E-state index in [0.717, 1.165) is 56.1 Å². The molecule has 0 atom stereocenters. The normalized spacial score (nSPS) is 15.9. The van der Waals surface area contributed by atoms with Crippen molar-refractivity contribution in [2.45, 2.75) is 5.92 Å². The third-order valence-corrected chi connectivity index (χ3v) is 7.44. The molecule has 4 aromatic rings. The van der Waals surface area contributed by atoms with Crippen molar-refractivity contribution >= 4 is 44.2 Å². The van der Waals surface area contributed by atoms with E-state index in [1.165, 1.54) is 0 Å². The largest absolute Gasteiger partial charge is 0.457 e. The van der Waals surface area contributed by atoms with Gasteiger partial charge in [0.05, 0.1) is 16.1 Å². The van der Waals surface area contributed by atoms with Gasteiger partial charge in [-0.05, 0) is 30.3 Å². The Morgan fingerprint density at radius 2 is 1.59 bits per heavy atom. The summed E-state index contributed by atoms with van der Waals surface area (Å²) in [4.78, 5) is 22.7. The van der Waals surface area contributed by atoms with Gasteiger partial charge in [0.15, 0.2) is 5.13 Å². The summed E-state index contributed by atoms with van der Waals surface area (Å²) in [6, 6.07) is 21.5. The lowest BCUT2D eigenvalue weighted by molar-refractivity contribution is -0.132. The number of hydrogen-bond donors (Lipinski definition) is 0. The van der Waals surface area contributed by atoms with Gasteiger partial charge in [-0.3, -0.25) is 4.79 Å². The highest BCUT2D eigenvalue weighted by Crippen LogP contribution is 2.44. The lowest BCUT2D eigenvalue weighted by Gasteiger charge is -2.37. The smallest absolute Gasteiger partial charge is 0.234 e. The minimum atomic E-state index is -0.340. The summed E-state index contributed by atoms with van der Waals surface area (Å²) < 4.78 is 7.15. The molecular formula is C25H20ClN3O2S. The zero-order valence-electron chi connectivity index (χ0n) is 17.2. The molecule has 0 aliphatic carbocycles. The zero-order chi connectivity index (χ0) is 21.7. The van der Waals surface area contributed by atoms with E-state index in [4.69, 9.17) is 21.3 Å². The summed E-state index contributed by atoms with van der Waals surface area (Å²) in [5.74, 6) is 1.31. The fourth-order valence-electron chi connectivity index (χ4n) is 4.50. The van der Waals surface area contributed by atoms with Gasteiger partial charge in [-0.1, -0.05) is 59.3 Å². The summed E-state index contributed by atoms with van der Waals surface area (Å²) in [6.07, 6.45) is 0. The maximum absolute atomic E-state index is 13.7. The standard InChI is InChI=1S/C25H20ClN3O2S/c26-16-9-10-19-22(15-16)32-25(27-19)29-13-11-28(12-14-29)24(30)23-17-5-1-3-7-20(17)31-21-8-4-2-6-18(21)23/h1-10,15,23H,11-14H2. The number of carbonyl (C=O) groups is 1. The summed E-state index contributed by atoms with van der Waals surface area (Å²) in [6.45, 7) is 2.84. The Balaban J connectivity index is 1.24. The van der Waals surface area contributed by atoms with E-state index in [2.05, 4.69) is 4.90 Å². The van der Waals surface area contributed by atoms with Crippen LogP contribution in [0.4, 0.5) is 5.13 Å². The van der Waals surface area contributed by atoms with Crippen LogP contribution in [0.3, 0.4) is 0 Å². The Morgan fingerprint density at radius 1 is 0.938 bits per heavy atom. The Kier molecular flexibility index (Phi) is 4.77. The number of hydrogen-bond acceptors (Lipinski definition) is 5. The van der Waals surface area contributed by atoms with Crippen molar-refractivity contribution in [3.8, 4) is 11.5 Å². The van der Waals surface area contributed by atoms with Gasteiger partial charge in [0.25, 0.3) is 0 Å². The molecule has 0 bridgehead atoms. The Morgan fingerprint density at radius 3 is 2.28 bits per heavy atom. The van der Waals surface area contributed by atoms with Crippen molar-refractivity contribution in [3.63, 3.8) is 0 Å². The molecule has 32 heavy (non-hydrogen) atoms. The van der Waals surface area contributed by atoms with Gasteiger partial charge >= 0.3 is 0 Å². The van der Waals surface area contributed by atoms with Gasteiger partial charge in [-0.2, -0.15) is 0 Å². The molecule has 1 saturated heterocycles. The van der Waals surface area contributed by atoms with Crippen molar-refractivity contribution in [2.24, 2.45) is 0 Å². The number of amides is 1. The van der Waals surface area contributed by atoms with E-state index in [0.29, 0.717) is 13.1 Å². The van der Waals surface area contributed by atoms with Crippen molar-refractivity contribution in [3.05, 3.63) is 82.9 Å². The number of thiazole rings is 1. The minimum Gasteiger partial charge on any atom is -0.457 e. The Bertz CT molecular complexity index is 1280. The molecule has 0 N–H and O–H groups in total. The van der Waals surface area contributed by atoms with Crippen LogP contribution in [0.1, 0.15) is 17.0 Å².